The van der Waals surface area contributed by atoms with E-state index in [1.807, 2.05) is 27.7 Å². The Labute approximate surface area is 142 Å². The maximum Gasteiger partial charge on any atom is 0.463 e. The molecule has 1 aliphatic heterocycles. The minimum absolute atomic E-state index is 0.242. The van der Waals surface area contributed by atoms with Gasteiger partial charge in [-0.3, -0.25) is 0 Å². The van der Waals surface area contributed by atoms with Crippen LogP contribution in [0.15, 0.2) is 24.3 Å². The lowest BCUT2D eigenvalue weighted by molar-refractivity contribution is -0.137. The summed E-state index contributed by atoms with van der Waals surface area (Å²) in [5.41, 5.74) is -0.504. The molecule has 24 heavy (non-hydrogen) atoms. The minimum atomic E-state index is -4.29. The molecule has 0 radical (unpaired) electrons. The molecular weight excluding hydrogens is 316 g/mol. The van der Waals surface area contributed by atoms with Gasteiger partial charge >= 0.3 is 13.3 Å². The molecule has 2 nitrogen and oxygen atoms in total. The third-order valence-electron chi connectivity index (χ3n) is 5.23. The summed E-state index contributed by atoms with van der Waals surface area (Å²) in [6.07, 6.45) is -2.86. The lowest BCUT2D eigenvalue weighted by Crippen LogP contribution is -2.41. The first-order chi connectivity index (χ1) is 10.7. The van der Waals surface area contributed by atoms with Crippen LogP contribution in [0, 0.1) is 0 Å². The summed E-state index contributed by atoms with van der Waals surface area (Å²) in [6, 6.07) is 5.36. The lowest BCUT2D eigenvalue weighted by Gasteiger charge is -2.32. The van der Waals surface area contributed by atoms with Crippen molar-refractivity contribution in [1.82, 2.24) is 0 Å². The van der Waals surface area contributed by atoms with Crippen LogP contribution in [-0.4, -0.2) is 18.3 Å². The third-order valence-corrected chi connectivity index (χ3v) is 5.23. The summed E-state index contributed by atoms with van der Waals surface area (Å²) in [5.74, 6) is 0. The van der Waals surface area contributed by atoms with Crippen molar-refractivity contribution in [3.8, 4) is 0 Å². The van der Waals surface area contributed by atoms with Gasteiger partial charge in [0, 0.05) is 5.31 Å². The van der Waals surface area contributed by atoms with Gasteiger partial charge in [-0.1, -0.05) is 26.0 Å². The number of halogens is 3. The second-order valence-electron chi connectivity index (χ2n) is 8.27. The number of alkyl halides is 3. The van der Waals surface area contributed by atoms with Crippen molar-refractivity contribution in [1.29, 1.82) is 0 Å². The zero-order chi connectivity index (χ0) is 18.4. The predicted octanol–water partition coefficient (Wildman–Crippen LogP) is 5.51. The fourth-order valence-electron chi connectivity index (χ4n) is 2.61. The number of aryl methyl sites for hydroxylation is 1. The van der Waals surface area contributed by atoms with Crippen LogP contribution in [0.2, 0.25) is 5.31 Å². The van der Waals surface area contributed by atoms with Crippen molar-refractivity contribution in [3.05, 3.63) is 35.4 Å². The smallest absolute Gasteiger partial charge is 0.403 e. The van der Waals surface area contributed by atoms with Crippen molar-refractivity contribution < 1.29 is 22.5 Å². The van der Waals surface area contributed by atoms with Crippen LogP contribution in [-0.2, 0) is 21.9 Å². The van der Waals surface area contributed by atoms with E-state index in [0.717, 1.165) is 24.1 Å². The van der Waals surface area contributed by atoms with Gasteiger partial charge in [-0.05, 0) is 58.2 Å². The van der Waals surface area contributed by atoms with E-state index in [0.29, 0.717) is 6.42 Å². The normalized spacial score (nSPS) is 20.5. The second-order valence-corrected chi connectivity index (χ2v) is 8.27. The average molecular weight is 342 g/mol. The highest BCUT2D eigenvalue weighted by atomic mass is 19.4. The predicted molar refractivity (Wildman–Crippen MR) is 89.9 cm³/mol. The molecule has 0 bridgehead atoms. The molecule has 0 saturated carbocycles. The van der Waals surface area contributed by atoms with Crippen LogP contribution in [0.25, 0.3) is 0 Å². The number of benzene rings is 1. The van der Waals surface area contributed by atoms with E-state index in [-0.39, 0.29) is 23.6 Å². The quantitative estimate of drug-likeness (QED) is 0.672. The SMILES string of the molecule is CC(C)(CCc1ccc(C(F)(F)F)cc1)B1OC(C)(C)C(C)(C)O1. The molecule has 0 unspecified atom stereocenters. The standard InChI is InChI=1S/C18H26BF3O2/c1-15(2,19-23-16(3,4)17(5,6)24-19)12-11-13-7-9-14(10-8-13)18(20,21)22/h7-10H,11-12H2,1-6H3. The molecule has 1 aromatic rings. The van der Waals surface area contributed by atoms with Crippen molar-refractivity contribution in [2.45, 2.75) is 77.1 Å². The average Bonchev–Trinajstić information content (AvgIpc) is 2.65. The van der Waals surface area contributed by atoms with Gasteiger partial charge in [0.25, 0.3) is 0 Å². The number of hydrogen-bond donors (Lipinski definition) is 0. The Balaban J connectivity index is 2.01. The van der Waals surface area contributed by atoms with E-state index in [1.165, 1.54) is 0 Å². The van der Waals surface area contributed by atoms with Crippen molar-refractivity contribution in [2.24, 2.45) is 0 Å². The van der Waals surface area contributed by atoms with Gasteiger partial charge < -0.3 is 9.31 Å². The van der Waals surface area contributed by atoms with Crippen LogP contribution in [0.3, 0.4) is 0 Å². The van der Waals surface area contributed by atoms with Crippen LogP contribution < -0.4 is 0 Å². The van der Waals surface area contributed by atoms with Crippen LogP contribution in [0.4, 0.5) is 13.2 Å². The molecule has 0 amide bonds. The van der Waals surface area contributed by atoms with E-state index in [2.05, 4.69) is 13.8 Å². The molecule has 1 heterocycles. The highest BCUT2D eigenvalue weighted by Gasteiger charge is 2.56. The fourth-order valence-corrected chi connectivity index (χ4v) is 2.61. The third kappa shape index (κ3) is 3.97. The molecule has 0 atom stereocenters. The maximum absolute atomic E-state index is 12.6. The Hall–Kier alpha value is -1.01. The minimum Gasteiger partial charge on any atom is -0.403 e. The van der Waals surface area contributed by atoms with E-state index in [4.69, 9.17) is 9.31 Å². The first kappa shape index (κ1) is 19.3. The zero-order valence-corrected chi connectivity index (χ0v) is 15.3. The van der Waals surface area contributed by atoms with Gasteiger partial charge in [0.1, 0.15) is 0 Å². The molecule has 134 valence electrons. The second kappa shape index (κ2) is 6.06. The van der Waals surface area contributed by atoms with Gasteiger partial charge in [-0.2, -0.15) is 13.2 Å². The molecule has 0 N–H and O–H groups in total. The van der Waals surface area contributed by atoms with Gasteiger partial charge in [0.05, 0.1) is 16.8 Å². The number of rotatable bonds is 4. The van der Waals surface area contributed by atoms with Crippen molar-refractivity contribution in [3.63, 3.8) is 0 Å². The number of hydrogen-bond acceptors (Lipinski definition) is 2. The lowest BCUT2D eigenvalue weighted by atomic mass is 9.57. The van der Waals surface area contributed by atoms with Crippen LogP contribution >= 0.6 is 0 Å². The summed E-state index contributed by atoms with van der Waals surface area (Å²) in [6.45, 7) is 12.2. The summed E-state index contributed by atoms with van der Waals surface area (Å²) < 4.78 is 50.1. The van der Waals surface area contributed by atoms with Gasteiger partial charge in [-0.25, -0.2) is 0 Å². The summed E-state index contributed by atoms with van der Waals surface area (Å²) >= 11 is 0. The highest BCUT2D eigenvalue weighted by molar-refractivity contribution is 6.49. The molecule has 0 aromatic heterocycles. The largest absolute Gasteiger partial charge is 0.463 e. The molecule has 1 aromatic carbocycles. The van der Waals surface area contributed by atoms with Crippen LogP contribution in [0.1, 0.15) is 59.1 Å². The molecule has 0 aliphatic carbocycles. The maximum atomic E-state index is 12.6. The molecule has 1 fully saturated rings. The Kier molecular flexibility index (Phi) is 4.88. The topological polar surface area (TPSA) is 18.5 Å². The van der Waals surface area contributed by atoms with E-state index < -0.39 is 11.7 Å². The Morgan fingerprint density at radius 2 is 1.38 bits per heavy atom. The molecular formula is C18H26BF3O2. The molecule has 1 saturated heterocycles. The molecule has 0 spiro atoms. The Morgan fingerprint density at radius 3 is 1.79 bits per heavy atom. The molecule has 6 heteroatoms. The van der Waals surface area contributed by atoms with Gasteiger partial charge in [-0.15, -0.1) is 0 Å². The Bertz CT molecular complexity index is 561. The summed E-state index contributed by atoms with van der Waals surface area (Å²) in [5, 5.41) is -0.242. The van der Waals surface area contributed by atoms with Crippen LogP contribution in [0.5, 0.6) is 0 Å². The Morgan fingerprint density at radius 1 is 0.917 bits per heavy atom. The van der Waals surface area contributed by atoms with Crippen molar-refractivity contribution >= 4 is 7.12 Å². The summed E-state index contributed by atoms with van der Waals surface area (Å²) in [7, 11) is -0.336. The summed E-state index contributed by atoms with van der Waals surface area (Å²) in [4.78, 5) is 0. The molecule has 1 aliphatic rings. The molecule has 2 rings (SSSR count). The highest BCUT2D eigenvalue weighted by Crippen LogP contribution is 2.46. The zero-order valence-electron chi connectivity index (χ0n) is 15.3. The van der Waals surface area contributed by atoms with Gasteiger partial charge in [0.15, 0.2) is 0 Å². The van der Waals surface area contributed by atoms with E-state index in [9.17, 15) is 13.2 Å². The first-order valence-electron chi connectivity index (χ1n) is 8.26. The van der Waals surface area contributed by atoms with E-state index >= 15 is 0 Å². The van der Waals surface area contributed by atoms with Gasteiger partial charge in [0.2, 0.25) is 0 Å². The van der Waals surface area contributed by atoms with E-state index in [1.54, 1.807) is 12.1 Å². The first-order valence-corrected chi connectivity index (χ1v) is 8.26. The fraction of sp³-hybridized carbons (Fsp3) is 0.667. The van der Waals surface area contributed by atoms with Crippen molar-refractivity contribution in [2.75, 3.05) is 0 Å². The monoisotopic (exact) mass is 342 g/mol.